The van der Waals surface area contributed by atoms with E-state index in [1.807, 2.05) is 11.8 Å². The number of likely N-dealkylation sites (tertiary alicyclic amines) is 1. The summed E-state index contributed by atoms with van der Waals surface area (Å²) >= 11 is 1.65. The molecule has 27 heavy (non-hydrogen) atoms. The van der Waals surface area contributed by atoms with Crippen molar-refractivity contribution >= 4 is 28.9 Å². The highest BCUT2D eigenvalue weighted by Crippen LogP contribution is 2.31. The Balaban J connectivity index is 1.66. The summed E-state index contributed by atoms with van der Waals surface area (Å²) in [5.41, 5.74) is 0. The van der Waals surface area contributed by atoms with Crippen LogP contribution in [0.25, 0.3) is 0 Å². The molecule has 0 bridgehead atoms. The van der Waals surface area contributed by atoms with Crippen molar-refractivity contribution in [3.05, 3.63) is 0 Å². The minimum atomic E-state index is 0.00942. The number of rotatable bonds is 3. The van der Waals surface area contributed by atoms with Crippen LogP contribution in [0.1, 0.15) is 65.7 Å². The van der Waals surface area contributed by atoms with Gasteiger partial charge in [0.1, 0.15) is 0 Å². The Bertz CT molecular complexity index is 566. The number of piperidine rings is 1. The highest BCUT2D eigenvalue weighted by molar-refractivity contribution is 8.14. The molecule has 0 spiro atoms. The predicted octanol–water partition coefficient (Wildman–Crippen LogP) is 3.47. The topological polar surface area (TPSA) is 65.0 Å². The van der Waals surface area contributed by atoms with E-state index in [2.05, 4.69) is 29.1 Å². The van der Waals surface area contributed by atoms with E-state index in [9.17, 15) is 9.59 Å². The number of amidine groups is 1. The van der Waals surface area contributed by atoms with E-state index < -0.39 is 0 Å². The van der Waals surface area contributed by atoms with Crippen molar-refractivity contribution in [2.75, 3.05) is 19.6 Å². The minimum absolute atomic E-state index is 0.00942. The van der Waals surface area contributed by atoms with Gasteiger partial charge in [0, 0.05) is 36.8 Å². The van der Waals surface area contributed by atoms with Crippen LogP contribution in [0.3, 0.4) is 0 Å². The third-order valence-corrected chi connectivity index (χ3v) is 7.15. The van der Waals surface area contributed by atoms with Crippen LogP contribution in [0.4, 0.5) is 4.79 Å². The fourth-order valence-electron chi connectivity index (χ4n) is 4.47. The number of nitrogens with one attached hydrogen (secondary N) is 1. The fraction of sp³-hybridized carbons (Fsp3) is 0.850. The van der Waals surface area contributed by atoms with Crippen molar-refractivity contribution in [2.45, 2.75) is 83.1 Å². The molecule has 1 aliphatic carbocycles. The molecule has 0 radical (unpaired) electrons. The molecule has 0 aromatic carbocycles. The molecule has 2 heterocycles. The van der Waals surface area contributed by atoms with E-state index in [0.717, 1.165) is 56.4 Å². The van der Waals surface area contributed by atoms with Crippen LogP contribution < -0.4 is 5.32 Å². The quantitative estimate of drug-likeness (QED) is 0.797. The zero-order valence-corrected chi connectivity index (χ0v) is 17.8. The van der Waals surface area contributed by atoms with Crippen LogP contribution in [0, 0.1) is 5.92 Å². The van der Waals surface area contributed by atoms with E-state index in [4.69, 9.17) is 0 Å². The van der Waals surface area contributed by atoms with Gasteiger partial charge in [0.2, 0.25) is 5.91 Å². The molecule has 1 atom stereocenters. The number of nitrogens with zero attached hydrogens (tertiary/aromatic N) is 3. The molecule has 0 aromatic heterocycles. The predicted molar refractivity (Wildman–Crippen MR) is 111 cm³/mol. The van der Waals surface area contributed by atoms with Gasteiger partial charge in [-0.05, 0) is 44.4 Å². The number of hydrogen-bond acceptors (Lipinski definition) is 4. The lowest BCUT2D eigenvalue weighted by Gasteiger charge is -2.44. The second kappa shape index (κ2) is 9.30. The zero-order chi connectivity index (χ0) is 19.4. The molecule has 2 fully saturated rings. The maximum absolute atomic E-state index is 13.2. The van der Waals surface area contributed by atoms with E-state index >= 15 is 0 Å². The van der Waals surface area contributed by atoms with Crippen LogP contribution in [0.2, 0.25) is 0 Å². The van der Waals surface area contributed by atoms with Crippen molar-refractivity contribution in [3.63, 3.8) is 0 Å². The number of hydrogen-bond donors (Lipinski definition) is 1. The third kappa shape index (κ3) is 5.18. The molecule has 3 rings (SSSR count). The van der Waals surface area contributed by atoms with Gasteiger partial charge in [0.05, 0.1) is 6.54 Å². The lowest BCUT2D eigenvalue weighted by atomic mass is 9.85. The summed E-state index contributed by atoms with van der Waals surface area (Å²) in [5, 5.41) is 4.28. The Morgan fingerprint density at radius 1 is 1.11 bits per heavy atom. The average Bonchev–Trinajstić information content (AvgIpc) is 3.08. The first-order valence-corrected chi connectivity index (χ1v) is 11.4. The number of aliphatic imine (C=N–C) groups is 1. The smallest absolute Gasteiger partial charge is 0.323 e. The molecular formula is C20H34N4O2S. The molecular weight excluding hydrogens is 360 g/mol. The molecule has 1 N–H and O–H groups in total. The molecule has 2 aliphatic heterocycles. The molecule has 1 saturated carbocycles. The van der Waals surface area contributed by atoms with Crippen molar-refractivity contribution < 1.29 is 9.59 Å². The summed E-state index contributed by atoms with van der Waals surface area (Å²) in [6.07, 6.45) is 6.85. The van der Waals surface area contributed by atoms with E-state index in [0.29, 0.717) is 17.7 Å². The molecule has 152 valence electrons. The summed E-state index contributed by atoms with van der Waals surface area (Å²) in [6, 6.07) is 0.535. The summed E-state index contributed by atoms with van der Waals surface area (Å²) in [4.78, 5) is 33.7. The monoisotopic (exact) mass is 394 g/mol. The number of urea groups is 1. The van der Waals surface area contributed by atoms with Crippen LogP contribution in [-0.2, 0) is 4.79 Å². The fourth-order valence-corrected chi connectivity index (χ4v) is 5.29. The number of carbonyl (C=O) groups excluding carboxylic acids is 2. The van der Waals surface area contributed by atoms with Gasteiger partial charge in [-0.3, -0.25) is 15.1 Å². The van der Waals surface area contributed by atoms with Gasteiger partial charge in [-0.2, -0.15) is 0 Å². The number of thioether (sulfide) groups is 1. The highest BCUT2D eigenvalue weighted by Gasteiger charge is 2.36. The first kappa shape index (κ1) is 20.5. The summed E-state index contributed by atoms with van der Waals surface area (Å²) in [6.45, 7) is 8.65. The highest BCUT2D eigenvalue weighted by atomic mass is 32.2. The third-order valence-electron chi connectivity index (χ3n) is 6.14. The molecule has 3 aliphatic rings. The second-order valence-electron chi connectivity index (χ2n) is 8.29. The molecule has 7 heteroatoms. The Morgan fingerprint density at radius 3 is 2.30 bits per heavy atom. The van der Waals surface area contributed by atoms with Crippen molar-refractivity contribution in [1.29, 1.82) is 0 Å². The van der Waals surface area contributed by atoms with E-state index in [1.165, 1.54) is 12.8 Å². The molecule has 1 saturated heterocycles. The Kier molecular flexibility index (Phi) is 7.06. The number of carbonyl (C=O) groups is 2. The van der Waals surface area contributed by atoms with Crippen LogP contribution in [0.15, 0.2) is 4.99 Å². The lowest BCUT2D eigenvalue weighted by molar-refractivity contribution is -0.132. The summed E-state index contributed by atoms with van der Waals surface area (Å²) < 4.78 is 0. The van der Waals surface area contributed by atoms with Gasteiger partial charge in [-0.15, -0.1) is 0 Å². The average molecular weight is 395 g/mol. The van der Waals surface area contributed by atoms with Gasteiger partial charge >= 0.3 is 6.03 Å². The molecule has 6 nitrogen and oxygen atoms in total. The van der Waals surface area contributed by atoms with Crippen molar-refractivity contribution in [3.8, 4) is 0 Å². The first-order valence-electron chi connectivity index (χ1n) is 10.6. The van der Waals surface area contributed by atoms with Gasteiger partial charge in [-0.1, -0.05) is 32.5 Å². The normalized spacial score (nSPS) is 29.4. The van der Waals surface area contributed by atoms with Crippen LogP contribution >= 0.6 is 11.8 Å². The van der Waals surface area contributed by atoms with Crippen LogP contribution in [-0.4, -0.2) is 63.9 Å². The largest absolute Gasteiger partial charge is 0.343 e. The van der Waals surface area contributed by atoms with Gasteiger partial charge in [-0.25, -0.2) is 4.79 Å². The van der Waals surface area contributed by atoms with E-state index in [1.54, 1.807) is 11.8 Å². The van der Waals surface area contributed by atoms with Gasteiger partial charge in [0.25, 0.3) is 0 Å². The Labute approximate surface area is 167 Å². The first-order chi connectivity index (χ1) is 13.0. The lowest BCUT2D eigenvalue weighted by Crippen LogP contribution is -2.56. The standard InChI is InChI=1S/C20H34N4O2S/c1-4-18(25)23-11-9-17(10-12-23)24(16-7-5-14(2)6-8-16)20(26)22-19-21-13-15(3)27-19/h14-17H,4-13H2,1-3H3,(H,21,22,26). The molecule has 0 aromatic rings. The number of amides is 3. The molecule has 1 unspecified atom stereocenters. The SMILES string of the molecule is CCC(=O)N1CCC(N(C(=O)NC2=NCC(C)S2)C2CCC(C)CC2)CC1. The van der Waals surface area contributed by atoms with Gasteiger partial charge in [0.15, 0.2) is 5.17 Å². The maximum atomic E-state index is 13.2. The second-order valence-corrected chi connectivity index (χ2v) is 9.72. The Morgan fingerprint density at radius 2 is 1.74 bits per heavy atom. The molecule has 3 amide bonds. The summed E-state index contributed by atoms with van der Waals surface area (Å²) in [7, 11) is 0. The zero-order valence-electron chi connectivity index (χ0n) is 16.9. The van der Waals surface area contributed by atoms with Crippen molar-refractivity contribution in [2.24, 2.45) is 10.9 Å². The maximum Gasteiger partial charge on any atom is 0.323 e. The van der Waals surface area contributed by atoms with Gasteiger partial charge < -0.3 is 9.80 Å². The van der Waals surface area contributed by atoms with Crippen LogP contribution in [0.5, 0.6) is 0 Å². The summed E-state index contributed by atoms with van der Waals surface area (Å²) in [5.74, 6) is 0.979. The Hall–Kier alpha value is -1.24. The van der Waals surface area contributed by atoms with Crippen molar-refractivity contribution in [1.82, 2.24) is 15.1 Å². The minimum Gasteiger partial charge on any atom is -0.343 e. The van der Waals surface area contributed by atoms with E-state index in [-0.39, 0.29) is 18.0 Å².